The van der Waals surface area contributed by atoms with Gasteiger partial charge in [-0.15, -0.1) is 23.2 Å². The van der Waals surface area contributed by atoms with Crippen LogP contribution < -0.4 is 0 Å². The molecule has 0 saturated heterocycles. The van der Waals surface area contributed by atoms with Crippen LogP contribution in [-0.2, 0) is 16.3 Å². The van der Waals surface area contributed by atoms with Crippen molar-refractivity contribution in [2.45, 2.75) is 4.84 Å². The predicted octanol–water partition coefficient (Wildman–Crippen LogP) is 1.02. The largest absolute Gasteiger partial charge is 0.325 e. The van der Waals surface area contributed by atoms with Crippen molar-refractivity contribution in [1.29, 1.82) is 0 Å². The summed E-state index contributed by atoms with van der Waals surface area (Å²) in [4.78, 5) is 16.0. The van der Waals surface area contributed by atoms with Crippen molar-refractivity contribution in [2.75, 3.05) is 6.61 Å². The fraction of sp³-hybridized carbons (Fsp3) is 1.00. The molecule has 3 nitrogen and oxygen atoms in total. The Labute approximate surface area is 67.8 Å². The number of alkyl halides is 2. The molecule has 0 unspecified atom stereocenters. The van der Waals surface area contributed by atoms with Crippen molar-refractivity contribution in [2.24, 2.45) is 0 Å². The van der Waals surface area contributed by atoms with Gasteiger partial charge in [0, 0.05) is 0 Å². The topological polar surface area (TPSA) is 49.7 Å². The van der Waals surface area contributed by atoms with Gasteiger partial charge in [0.2, 0.25) is 0 Å². The van der Waals surface area contributed by atoms with Crippen LogP contribution in [0.15, 0.2) is 0 Å². The standard InChI is InChI=1S/C2H5Cl2O3PS/c3-2(4)1-7-8(5,6)9/h2H,1H2,(H2,5,6,9). The first-order valence-corrected chi connectivity index (χ1v) is 5.40. The molecule has 0 aliphatic heterocycles. The summed E-state index contributed by atoms with van der Waals surface area (Å²) in [7, 11) is 0. The number of rotatable bonds is 3. The summed E-state index contributed by atoms with van der Waals surface area (Å²) < 4.78 is 4.26. The lowest BCUT2D eigenvalue weighted by Crippen LogP contribution is -1.99. The van der Waals surface area contributed by atoms with Gasteiger partial charge in [0.05, 0.1) is 6.61 Å². The van der Waals surface area contributed by atoms with E-state index in [9.17, 15) is 0 Å². The summed E-state index contributed by atoms with van der Waals surface area (Å²) in [5, 5.41) is 0. The Morgan fingerprint density at radius 2 is 2.00 bits per heavy atom. The molecular formula is C2H5Cl2O3PS. The molecule has 0 aliphatic rings. The normalized spacial score (nSPS) is 12.6. The van der Waals surface area contributed by atoms with E-state index in [1.54, 1.807) is 0 Å². The zero-order valence-electron chi connectivity index (χ0n) is 4.20. The minimum Gasteiger partial charge on any atom is -0.325 e. The molecule has 9 heavy (non-hydrogen) atoms. The van der Waals surface area contributed by atoms with Gasteiger partial charge < -0.3 is 14.3 Å². The van der Waals surface area contributed by atoms with Crippen LogP contribution in [-0.4, -0.2) is 21.2 Å². The van der Waals surface area contributed by atoms with Gasteiger partial charge in [-0.2, -0.15) is 0 Å². The van der Waals surface area contributed by atoms with E-state index >= 15 is 0 Å². The van der Waals surface area contributed by atoms with Gasteiger partial charge in [-0.3, -0.25) is 0 Å². The van der Waals surface area contributed by atoms with E-state index in [-0.39, 0.29) is 6.61 Å². The van der Waals surface area contributed by atoms with Crippen molar-refractivity contribution in [1.82, 2.24) is 0 Å². The quantitative estimate of drug-likeness (QED) is 0.540. The molecule has 0 saturated carbocycles. The van der Waals surface area contributed by atoms with Gasteiger partial charge in [-0.25, -0.2) is 0 Å². The van der Waals surface area contributed by atoms with Crippen LogP contribution in [0, 0.1) is 0 Å². The van der Waals surface area contributed by atoms with Crippen LogP contribution in [0.4, 0.5) is 0 Å². The average Bonchev–Trinajstić information content (AvgIpc) is 1.59. The first-order valence-electron chi connectivity index (χ1n) is 1.90. The first kappa shape index (κ1) is 10.1. The van der Waals surface area contributed by atoms with Gasteiger partial charge in [0.25, 0.3) is 0 Å². The van der Waals surface area contributed by atoms with Gasteiger partial charge >= 0.3 is 6.72 Å². The summed E-state index contributed by atoms with van der Waals surface area (Å²) in [6, 6.07) is 0. The summed E-state index contributed by atoms with van der Waals surface area (Å²) in [6.07, 6.45) is 0. The third-order valence-electron chi connectivity index (χ3n) is 0.369. The smallest absolute Gasteiger partial charge is 0.321 e. The lowest BCUT2D eigenvalue weighted by Gasteiger charge is -2.07. The lowest BCUT2D eigenvalue weighted by atomic mass is 10.9. The second kappa shape index (κ2) is 4.09. The minimum atomic E-state index is -3.56. The highest BCUT2D eigenvalue weighted by Crippen LogP contribution is 2.36. The Morgan fingerprint density at radius 3 is 2.11 bits per heavy atom. The third kappa shape index (κ3) is 9.11. The number of halogens is 2. The molecular weight excluding hydrogens is 206 g/mol. The predicted molar refractivity (Wildman–Crippen MR) is 40.2 cm³/mol. The SMILES string of the molecule is OP(O)(=S)OCC(Cl)Cl. The van der Waals surface area contributed by atoms with Crippen LogP contribution in [0.3, 0.4) is 0 Å². The maximum absolute atomic E-state index is 8.41. The maximum atomic E-state index is 8.41. The van der Waals surface area contributed by atoms with Gasteiger partial charge in [0.15, 0.2) is 0 Å². The average molecular weight is 211 g/mol. The third-order valence-corrected chi connectivity index (χ3v) is 1.42. The summed E-state index contributed by atoms with van der Waals surface area (Å²) in [5.41, 5.74) is 0. The summed E-state index contributed by atoms with van der Waals surface area (Å²) in [5.74, 6) is 0. The number of hydrogen-bond acceptors (Lipinski definition) is 2. The molecule has 0 aromatic rings. The molecule has 0 heterocycles. The molecule has 0 aromatic carbocycles. The van der Waals surface area contributed by atoms with Crippen LogP contribution in [0.1, 0.15) is 0 Å². The van der Waals surface area contributed by atoms with Gasteiger partial charge in [0.1, 0.15) is 4.84 Å². The van der Waals surface area contributed by atoms with E-state index in [4.69, 9.17) is 33.0 Å². The maximum Gasteiger partial charge on any atom is 0.321 e. The van der Waals surface area contributed by atoms with Crippen molar-refractivity contribution >= 4 is 41.7 Å². The van der Waals surface area contributed by atoms with E-state index in [2.05, 4.69) is 16.3 Å². The van der Waals surface area contributed by atoms with Crippen LogP contribution in [0.2, 0.25) is 0 Å². The molecule has 2 N–H and O–H groups in total. The van der Waals surface area contributed by atoms with E-state index in [1.807, 2.05) is 0 Å². The van der Waals surface area contributed by atoms with Crippen molar-refractivity contribution < 1.29 is 14.3 Å². The molecule has 0 radical (unpaired) electrons. The molecule has 7 heteroatoms. The Bertz CT molecular complexity index is 123. The fourth-order valence-electron chi connectivity index (χ4n) is 0.153. The Balaban J connectivity index is 3.40. The van der Waals surface area contributed by atoms with E-state index in [1.165, 1.54) is 0 Å². The molecule has 0 aromatic heterocycles. The molecule has 0 atom stereocenters. The molecule has 0 spiro atoms. The van der Waals surface area contributed by atoms with E-state index in [0.29, 0.717) is 0 Å². The van der Waals surface area contributed by atoms with E-state index in [0.717, 1.165) is 0 Å². The number of hydrogen-bond donors (Lipinski definition) is 2. The van der Waals surface area contributed by atoms with Crippen molar-refractivity contribution in [3.63, 3.8) is 0 Å². The molecule has 0 bridgehead atoms. The van der Waals surface area contributed by atoms with Crippen LogP contribution in [0.25, 0.3) is 0 Å². The van der Waals surface area contributed by atoms with Crippen molar-refractivity contribution in [3.05, 3.63) is 0 Å². The zero-order valence-corrected chi connectivity index (χ0v) is 7.42. The summed E-state index contributed by atoms with van der Waals surface area (Å²) in [6.45, 7) is -3.71. The monoisotopic (exact) mass is 210 g/mol. The highest BCUT2D eigenvalue weighted by atomic mass is 35.5. The molecule has 0 rings (SSSR count). The lowest BCUT2D eigenvalue weighted by molar-refractivity contribution is 0.262. The first-order chi connectivity index (χ1) is 3.92. The highest BCUT2D eigenvalue weighted by Gasteiger charge is 2.09. The summed E-state index contributed by atoms with van der Waals surface area (Å²) >= 11 is 14.4. The Kier molecular flexibility index (Phi) is 4.59. The molecule has 0 aliphatic carbocycles. The fourth-order valence-corrected chi connectivity index (χ4v) is 0.981. The highest BCUT2D eigenvalue weighted by molar-refractivity contribution is 8.06. The van der Waals surface area contributed by atoms with Gasteiger partial charge in [-0.05, 0) is 11.8 Å². The minimum absolute atomic E-state index is 0.159. The zero-order chi connectivity index (χ0) is 7.49. The van der Waals surface area contributed by atoms with Crippen molar-refractivity contribution in [3.8, 4) is 0 Å². The molecule has 56 valence electrons. The second-order valence-electron chi connectivity index (χ2n) is 1.18. The van der Waals surface area contributed by atoms with Crippen LogP contribution >= 0.6 is 29.9 Å². The van der Waals surface area contributed by atoms with E-state index < -0.39 is 11.6 Å². The van der Waals surface area contributed by atoms with Crippen LogP contribution in [0.5, 0.6) is 0 Å². The van der Waals surface area contributed by atoms with Gasteiger partial charge in [-0.1, -0.05) is 0 Å². The second-order valence-corrected chi connectivity index (χ2v) is 5.12. The Hall–Kier alpha value is 1.11. The molecule has 0 fully saturated rings. The Morgan fingerprint density at radius 1 is 1.56 bits per heavy atom. The molecule has 0 amide bonds.